The van der Waals surface area contributed by atoms with Gasteiger partial charge >= 0.3 is 0 Å². The molecule has 0 spiro atoms. The molecular formula is C21H26N4O5S2. The number of ether oxygens (including phenoxy) is 3. The Bertz CT molecular complexity index is 1130. The maximum Gasteiger partial charge on any atom is 0.243 e. The number of benzene rings is 2. The first kappa shape index (κ1) is 23.8. The topological polar surface area (TPSA) is 115 Å². The number of fused-ring (bicyclic) bond motifs is 1. The van der Waals surface area contributed by atoms with E-state index in [1.807, 2.05) is 6.07 Å². The third-order valence-electron chi connectivity index (χ3n) is 5.23. The molecule has 0 bridgehead atoms. The van der Waals surface area contributed by atoms with Crippen LogP contribution in [0.15, 0.2) is 46.4 Å². The number of nitrogens with zero attached hydrogens (tertiary/aromatic N) is 2. The van der Waals surface area contributed by atoms with E-state index in [9.17, 15) is 8.42 Å². The maximum absolute atomic E-state index is 13.6. The van der Waals surface area contributed by atoms with Crippen molar-refractivity contribution in [2.75, 3.05) is 27.9 Å². The molecule has 3 rings (SSSR count). The predicted octanol–water partition coefficient (Wildman–Crippen LogP) is 2.21. The van der Waals surface area contributed by atoms with E-state index in [4.69, 9.17) is 32.2 Å². The molecule has 0 amide bonds. The lowest BCUT2D eigenvalue weighted by Crippen LogP contribution is -2.43. The van der Waals surface area contributed by atoms with Gasteiger partial charge in [-0.05, 0) is 73.1 Å². The Hall–Kier alpha value is -2.89. The minimum absolute atomic E-state index is 0.0164. The zero-order valence-electron chi connectivity index (χ0n) is 18.3. The van der Waals surface area contributed by atoms with Crippen LogP contribution in [0.3, 0.4) is 0 Å². The molecule has 1 aliphatic heterocycles. The van der Waals surface area contributed by atoms with Crippen LogP contribution in [0.1, 0.15) is 24.1 Å². The first-order valence-electron chi connectivity index (χ1n) is 9.73. The summed E-state index contributed by atoms with van der Waals surface area (Å²) in [5.74, 6) is 1.64. The number of hydrogen-bond acceptors (Lipinski definition) is 7. The summed E-state index contributed by atoms with van der Waals surface area (Å²) in [4.78, 5) is 0.155. The fraction of sp³-hybridized carbons (Fsp3) is 0.333. The highest BCUT2D eigenvalue weighted by Gasteiger charge is 2.39. The first-order chi connectivity index (χ1) is 15.2. The summed E-state index contributed by atoms with van der Waals surface area (Å²) in [6.45, 7) is 1.97. The third-order valence-corrected chi connectivity index (χ3v) is 7.20. The maximum atomic E-state index is 13.6. The minimum Gasteiger partial charge on any atom is -0.497 e. The van der Waals surface area contributed by atoms with E-state index in [1.165, 1.54) is 30.7 Å². The van der Waals surface area contributed by atoms with Crippen LogP contribution in [-0.4, -0.2) is 51.4 Å². The fourth-order valence-electron chi connectivity index (χ4n) is 3.70. The number of methoxy groups -OCH3 is 3. The Balaban J connectivity index is 2.15. The Kier molecular flexibility index (Phi) is 7.22. The molecule has 0 aliphatic carbocycles. The van der Waals surface area contributed by atoms with Crippen molar-refractivity contribution >= 4 is 33.1 Å². The van der Waals surface area contributed by atoms with Crippen LogP contribution in [0.4, 0.5) is 0 Å². The van der Waals surface area contributed by atoms with Gasteiger partial charge in [-0.3, -0.25) is 5.43 Å². The summed E-state index contributed by atoms with van der Waals surface area (Å²) in [5, 5.41) is 4.21. The molecule has 172 valence electrons. The second kappa shape index (κ2) is 9.72. The molecule has 1 heterocycles. The highest BCUT2D eigenvalue weighted by Crippen LogP contribution is 2.40. The summed E-state index contributed by atoms with van der Waals surface area (Å²) < 4.78 is 44.7. The summed E-state index contributed by atoms with van der Waals surface area (Å²) >= 11 is 4.85. The molecule has 0 fully saturated rings. The molecule has 9 nitrogen and oxygen atoms in total. The lowest BCUT2D eigenvalue weighted by molar-refractivity contribution is 0.342. The second-order valence-electron chi connectivity index (χ2n) is 7.08. The van der Waals surface area contributed by atoms with Gasteiger partial charge in [0.1, 0.15) is 5.75 Å². The van der Waals surface area contributed by atoms with Crippen molar-refractivity contribution < 1.29 is 22.6 Å². The van der Waals surface area contributed by atoms with Gasteiger partial charge < -0.3 is 19.9 Å². The lowest BCUT2D eigenvalue weighted by Gasteiger charge is -2.36. The van der Waals surface area contributed by atoms with Crippen molar-refractivity contribution in [3.8, 4) is 17.2 Å². The largest absolute Gasteiger partial charge is 0.497 e. The standard InChI is InChI=1S/C21H26N4O5S2/c1-13(23-24-21(22)31)20-17-12-19(30-4)18(29-3)11-14(17)9-10-25(20)32(26,27)16-7-5-15(28-2)6-8-16/h5-8,11-12,20H,9-10H2,1-4H3,(H3,22,24,31)/b23-13+. The molecule has 2 aromatic carbocycles. The van der Waals surface area contributed by atoms with Crippen LogP contribution in [0.5, 0.6) is 17.2 Å². The van der Waals surface area contributed by atoms with Gasteiger partial charge in [-0.2, -0.15) is 9.41 Å². The first-order valence-corrected chi connectivity index (χ1v) is 11.6. The molecule has 3 N–H and O–H groups in total. The van der Waals surface area contributed by atoms with E-state index >= 15 is 0 Å². The lowest BCUT2D eigenvalue weighted by atomic mass is 9.91. The van der Waals surface area contributed by atoms with Gasteiger partial charge in [0, 0.05) is 6.54 Å². The van der Waals surface area contributed by atoms with Gasteiger partial charge in [0.05, 0.1) is 38.0 Å². The van der Waals surface area contributed by atoms with Crippen LogP contribution >= 0.6 is 12.2 Å². The number of hydrazone groups is 1. The van der Waals surface area contributed by atoms with Gasteiger partial charge in [0.2, 0.25) is 10.0 Å². The van der Waals surface area contributed by atoms with Gasteiger partial charge in [-0.15, -0.1) is 0 Å². The molecule has 11 heteroatoms. The number of thiocarbonyl (C=S) groups is 1. The average Bonchev–Trinajstić information content (AvgIpc) is 2.80. The van der Waals surface area contributed by atoms with Crippen molar-refractivity contribution in [2.24, 2.45) is 10.8 Å². The number of hydrogen-bond donors (Lipinski definition) is 2. The van der Waals surface area contributed by atoms with Crippen molar-refractivity contribution in [2.45, 2.75) is 24.3 Å². The third kappa shape index (κ3) is 4.64. The zero-order valence-corrected chi connectivity index (χ0v) is 19.9. The monoisotopic (exact) mass is 478 g/mol. The average molecular weight is 479 g/mol. The summed E-state index contributed by atoms with van der Waals surface area (Å²) in [6, 6.07) is 9.23. The number of sulfonamides is 1. The van der Waals surface area contributed by atoms with Crippen molar-refractivity contribution in [1.29, 1.82) is 0 Å². The molecule has 2 aromatic rings. The number of nitrogens with two attached hydrogens (primary N) is 1. The Morgan fingerprint density at radius 2 is 1.75 bits per heavy atom. The SMILES string of the molecule is COc1ccc(S(=O)(=O)N2CCc3cc(OC)c(OC)cc3C2/C(C)=N/NC(N)=S)cc1. The molecule has 0 radical (unpaired) electrons. The Morgan fingerprint density at radius 3 is 2.31 bits per heavy atom. The number of rotatable bonds is 7. The highest BCUT2D eigenvalue weighted by molar-refractivity contribution is 7.89. The smallest absolute Gasteiger partial charge is 0.243 e. The Labute approximate surface area is 193 Å². The number of nitrogens with one attached hydrogen (secondary N) is 1. The summed E-state index contributed by atoms with van der Waals surface area (Å²) in [7, 11) is 0.751. The van der Waals surface area contributed by atoms with E-state index < -0.39 is 16.1 Å². The van der Waals surface area contributed by atoms with Crippen molar-refractivity contribution in [3.63, 3.8) is 0 Å². The van der Waals surface area contributed by atoms with E-state index in [2.05, 4.69) is 10.5 Å². The van der Waals surface area contributed by atoms with E-state index in [1.54, 1.807) is 32.2 Å². The second-order valence-corrected chi connectivity index (χ2v) is 9.41. The van der Waals surface area contributed by atoms with Gasteiger partial charge in [-0.1, -0.05) is 0 Å². The van der Waals surface area contributed by atoms with E-state index in [0.29, 0.717) is 29.4 Å². The molecule has 0 saturated heterocycles. The van der Waals surface area contributed by atoms with Gasteiger partial charge in [0.25, 0.3) is 0 Å². The van der Waals surface area contributed by atoms with Crippen molar-refractivity contribution in [1.82, 2.24) is 9.73 Å². The van der Waals surface area contributed by atoms with Crippen LogP contribution in [0.2, 0.25) is 0 Å². The Morgan fingerprint density at radius 1 is 1.12 bits per heavy atom. The van der Waals surface area contributed by atoms with Crippen LogP contribution in [0.25, 0.3) is 0 Å². The normalized spacial score (nSPS) is 16.8. The van der Waals surface area contributed by atoms with Gasteiger partial charge in [-0.25, -0.2) is 8.42 Å². The predicted molar refractivity (Wildman–Crippen MR) is 126 cm³/mol. The molecule has 1 unspecified atom stereocenters. The molecular weight excluding hydrogens is 452 g/mol. The zero-order chi connectivity index (χ0) is 23.5. The summed E-state index contributed by atoms with van der Waals surface area (Å²) in [6.07, 6.45) is 0.498. The molecule has 0 aromatic heterocycles. The quantitative estimate of drug-likeness (QED) is 0.354. The van der Waals surface area contributed by atoms with Crippen LogP contribution < -0.4 is 25.4 Å². The molecule has 1 aliphatic rings. The van der Waals surface area contributed by atoms with E-state index in [-0.39, 0.29) is 16.6 Å². The summed E-state index contributed by atoms with van der Waals surface area (Å²) in [5.41, 5.74) is 10.2. The highest BCUT2D eigenvalue weighted by atomic mass is 32.2. The van der Waals surface area contributed by atoms with Crippen LogP contribution in [-0.2, 0) is 16.4 Å². The van der Waals surface area contributed by atoms with Crippen molar-refractivity contribution in [3.05, 3.63) is 47.5 Å². The molecule has 0 saturated carbocycles. The molecule has 1 atom stereocenters. The van der Waals surface area contributed by atoms with Crippen LogP contribution in [0, 0.1) is 0 Å². The van der Waals surface area contributed by atoms with Gasteiger partial charge in [0.15, 0.2) is 16.6 Å². The minimum atomic E-state index is -3.86. The molecule has 32 heavy (non-hydrogen) atoms. The van der Waals surface area contributed by atoms with E-state index in [0.717, 1.165) is 11.1 Å². The fourth-order valence-corrected chi connectivity index (χ4v) is 5.37.